The highest BCUT2D eigenvalue weighted by Crippen LogP contribution is 2.26. The van der Waals surface area contributed by atoms with Crippen molar-refractivity contribution in [3.05, 3.63) is 48.6 Å². The maximum Gasteiger partial charge on any atom is 0.306 e. The van der Waals surface area contributed by atoms with E-state index in [9.17, 15) is 15.0 Å². The Morgan fingerprint density at radius 2 is 2.00 bits per heavy atom. The summed E-state index contributed by atoms with van der Waals surface area (Å²) in [5.41, 5.74) is 0.981. The average Bonchev–Trinajstić information content (AvgIpc) is 2.66. The summed E-state index contributed by atoms with van der Waals surface area (Å²) >= 11 is 0. The maximum atomic E-state index is 11.8. The Hall–Kier alpha value is -1.77. The van der Waals surface area contributed by atoms with E-state index >= 15 is 0 Å². The van der Waals surface area contributed by atoms with Crippen LogP contribution < -0.4 is 0 Å². The molecule has 150 valence electrons. The summed E-state index contributed by atoms with van der Waals surface area (Å²) in [6, 6.07) is 9.57. The monoisotopic (exact) mass is 380 g/mol. The van der Waals surface area contributed by atoms with E-state index in [4.69, 9.17) is 18.9 Å². The number of esters is 1. The third kappa shape index (κ3) is 6.41. The second kappa shape index (κ2) is 11.2. The lowest BCUT2D eigenvalue weighted by Gasteiger charge is -2.41. The van der Waals surface area contributed by atoms with E-state index in [-0.39, 0.29) is 19.6 Å². The van der Waals surface area contributed by atoms with Crippen molar-refractivity contribution in [1.82, 2.24) is 0 Å². The fourth-order valence-corrected chi connectivity index (χ4v) is 2.82. The minimum absolute atomic E-state index is 0.0523. The van der Waals surface area contributed by atoms with Crippen molar-refractivity contribution >= 4 is 5.97 Å². The van der Waals surface area contributed by atoms with E-state index in [0.29, 0.717) is 13.0 Å². The van der Waals surface area contributed by atoms with Crippen LogP contribution >= 0.6 is 0 Å². The van der Waals surface area contributed by atoms with Gasteiger partial charge in [0.1, 0.15) is 18.3 Å². The van der Waals surface area contributed by atoms with Crippen LogP contribution in [-0.2, 0) is 30.3 Å². The lowest BCUT2D eigenvalue weighted by atomic mass is 9.98. The highest BCUT2D eigenvalue weighted by atomic mass is 16.7. The van der Waals surface area contributed by atoms with Gasteiger partial charge in [0.25, 0.3) is 0 Å². The van der Waals surface area contributed by atoms with Crippen LogP contribution in [0.4, 0.5) is 0 Å². The molecule has 7 nitrogen and oxygen atoms in total. The third-order valence-corrected chi connectivity index (χ3v) is 4.16. The molecule has 1 heterocycles. The summed E-state index contributed by atoms with van der Waals surface area (Å²) in [6.07, 6.45) is -3.11. The Balaban J connectivity index is 1.97. The number of rotatable bonds is 10. The number of hydrogen-bond donors (Lipinski definition) is 2. The molecule has 0 saturated carbocycles. The fourth-order valence-electron chi connectivity index (χ4n) is 2.82. The summed E-state index contributed by atoms with van der Waals surface area (Å²) < 4.78 is 21.9. The topological polar surface area (TPSA) is 94.5 Å². The highest BCUT2D eigenvalue weighted by molar-refractivity contribution is 5.69. The third-order valence-electron chi connectivity index (χ3n) is 4.16. The molecule has 27 heavy (non-hydrogen) atoms. The first-order chi connectivity index (χ1) is 13.1. The SMILES string of the molecule is C=CCO[C@H]1[C@@H](O)[C@@H](COCc2ccccc2)O[C@@H](O)[C@@H]1OC(=O)CCC. The van der Waals surface area contributed by atoms with E-state index in [1.807, 2.05) is 37.3 Å². The molecular formula is C20H28O7. The van der Waals surface area contributed by atoms with E-state index in [2.05, 4.69) is 6.58 Å². The molecule has 7 heteroatoms. The van der Waals surface area contributed by atoms with Gasteiger partial charge in [-0.15, -0.1) is 6.58 Å². The lowest BCUT2D eigenvalue weighted by Crippen LogP contribution is -2.60. The Labute approximate surface area is 159 Å². The molecule has 1 fully saturated rings. The van der Waals surface area contributed by atoms with Crippen LogP contribution in [0.15, 0.2) is 43.0 Å². The maximum absolute atomic E-state index is 11.8. The van der Waals surface area contributed by atoms with E-state index in [1.54, 1.807) is 0 Å². The van der Waals surface area contributed by atoms with Gasteiger partial charge in [-0.2, -0.15) is 0 Å². The zero-order valence-electron chi connectivity index (χ0n) is 15.5. The van der Waals surface area contributed by atoms with Gasteiger partial charge >= 0.3 is 5.97 Å². The molecule has 1 saturated heterocycles. The molecule has 1 aliphatic rings. The van der Waals surface area contributed by atoms with Gasteiger partial charge in [-0.25, -0.2) is 0 Å². The minimum atomic E-state index is -1.42. The first-order valence-corrected chi connectivity index (χ1v) is 9.12. The summed E-state index contributed by atoms with van der Waals surface area (Å²) in [4.78, 5) is 11.8. The second-order valence-electron chi connectivity index (χ2n) is 6.35. The molecule has 2 rings (SSSR count). The first kappa shape index (κ1) is 21.5. The zero-order valence-corrected chi connectivity index (χ0v) is 15.5. The molecule has 1 aromatic carbocycles. The molecular weight excluding hydrogens is 352 g/mol. The Morgan fingerprint density at radius 1 is 1.26 bits per heavy atom. The number of carbonyl (C=O) groups excluding carboxylic acids is 1. The number of aliphatic hydroxyl groups excluding tert-OH is 2. The summed E-state index contributed by atoms with van der Waals surface area (Å²) in [6.45, 7) is 5.95. The predicted octanol–water partition coefficient (Wildman–Crippen LogP) is 1.56. The molecule has 0 unspecified atom stereocenters. The zero-order chi connectivity index (χ0) is 19.6. The van der Waals surface area contributed by atoms with Gasteiger partial charge in [-0.1, -0.05) is 43.3 Å². The predicted molar refractivity (Wildman–Crippen MR) is 97.7 cm³/mol. The Kier molecular flexibility index (Phi) is 8.90. The summed E-state index contributed by atoms with van der Waals surface area (Å²) in [5, 5.41) is 20.9. The van der Waals surface area contributed by atoms with Gasteiger partial charge in [0, 0.05) is 6.42 Å². The van der Waals surface area contributed by atoms with Gasteiger partial charge < -0.3 is 29.2 Å². The van der Waals surface area contributed by atoms with Crippen LogP contribution in [0.5, 0.6) is 0 Å². The quantitative estimate of drug-likeness (QED) is 0.470. The van der Waals surface area contributed by atoms with Crippen molar-refractivity contribution in [2.24, 2.45) is 0 Å². The van der Waals surface area contributed by atoms with Gasteiger partial charge in [0.15, 0.2) is 12.4 Å². The smallest absolute Gasteiger partial charge is 0.306 e. The van der Waals surface area contributed by atoms with E-state index in [1.165, 1.54) is 6.08 Å². The molecule has 5 atom stereocenters. The fraction of sp³-hybridized carbons (Fsp3) is 0.550. The van der Waals surface area contributed by atoms with Crippen LogP contribution in [-0.4, -0.2) is 60.1 Å². The molecule has 0 bridgehead atoms. The van der Waals surface area contributed by atoms with E-state index < -0.39 is 36.7 Å². The van der Waals surface area contributed by atoms with Crippen LogP contribution in [0.1, 0.15) is 25.3 Å². The molecule has 0 aromatic heterocycles. The summed E-state index contributed by atoms with van der Waals surface area (Å²) in [7, 11) is 0. The lowest BCUT2D eigenvalue weighted by molar-refractivity contribution is -0.298. The first-order valence-electron chi connectivity index (χ1n) is 9.12. The Bertz CT molecular complexity index is 577. The number of hydrogen-bond acceptors (Lipinski definition) is 7. The molecule has 0 radical (unpaired) electrons. The molecule has 0 aliphatic carbocycles. The summed E-state index contributed by atoms with van der Waals surface area (Å²) in [5.74, 6) is -0.483. The van der Waals surface area contributed by atoms with Gasteiger partial charge in [0.05, 0.1) is 19.8 Å². The van der Waals surface area contributed by atoms with Crippen molar-refractivity contribution in [2.45, 2.75) is 57.1 Å². The van der Waals surface area contributed by atoms with Gasteiger partial charge in [-0.05, 0) is 12.0 Å². The largest absolute Gasteiger partial charge is 0.454 e. The molecule has 2 N–H and O–H groups in total. The van der Waals surface area contributed by atoms with Crippen LogP contribution in [0, 0.1) is 0 Å². The number of aliphatic hydroxyl groups is 2. The van der Waals surface area contributed by atoms with Gasteiger partial charge in [0.2, 0.25) is 0 Å². The second-order valence-corrected chi connectivity index (χ2v) is 6.35. The Morgan fingerprint density at radius 3 is 2.67 bits per heavy atom. The molecule has 1 aromatic rings. The standard InChI is InChI=1S/C20H28O7/c1-3-8-16(21)27-19-18(25-11-4-2)17(22)15(26-20(19)23)13-24-12-14-9-6-5-7-10-14/h4-7,9-10,15,17-20,22-23H,2-3,8,11-13H2,1H3/t15-,17+,18+,19-,20-/m1/s1. The molecule has 1 aliphatic heterocycles. The van der Waals surface area contributed by atoms with Crippen molar-refractivity contribution in [3.8, 4) is 0 Å². The molecule has 0 spiro atoms. The number of carbonyl (C=O) groups is 1. The average molecular weight is 380 g/mol. The molecule has 0 amide bonds. The van der Waals surface area contributed by atoms with Gasteiger partial charge in [-0.3, -0.25) is 4.79 Å². The number of benzene rings is 1. The van der Waals surface area contributed by atoms with E-state index in [0.717, 1.165) is 5.56 Å². The van der Waals surface area contributed by atoms with Crippen LogP contribution in [0.2, 0.25) is 0 Å². The van der Waals surface area contributed by atoms with Crippen molar-refractivity contribution in [3.63, 3.8) is 0 Å². The van der Waals surface area contributed by atoms with Crippen LogP contribution in [0.3, 0.4) is 0 Å². The number of ether oxygens (including phenoxy) is 4. The normalized spacial score (nSPS) is 27.9. The van der Waals surface area contributed by atoms with Crippen molar-refractivity contribution in [1.29, 1.82) is 0 Å². The minimum Gasteiger partial charge on any atom is -0.454 e. The van der Waals surface area contributed by atoms with Crippen molar-refractivity contribution in [2.75, 3.05) is 13.2 Å². The van der Waals surface area contributed by atoms with Crippen molar-refractivity contribution < 1.29 is 34.0 Å². The highest BCUT2D eigenvalue weighted by Gasteiger charge is 2.47. The van der Waals surface area contributed by atoms with Crippen LogP contribution in [0.25, 0.3) is 0 Å².